The standard InChI is InChI=1S/C11H16N4O4/c1-3-5-14(8-10(16)19-4-2)11-12-6-9(7-13-11)15(17)18/h6-7H,3-5,8H2,1-2H3. The summed E-state index contributed by atoms with van der Waals surface area (Å²) >= 11 is 0. The second-order valence-electron chi connectivity index (χ2n) is 3.72. The van der Waals surface area contributed by atoms with Crippen molar-refractivity contribution in [2.45, 2.75) is 20.3 Å². The van der Waals surface area contributed by atoms with Crippen LogP contribution in [0.15, 0.2) is 12.4 Å². The van der Waals surface area contributed by atoms with E-state index in [4.69, 9.17) is 4.74 Å². The van der Waals surface area contributed by atoms with Crippen LogP contribution in [0.5, 0.6) is 0 Å². The van der Waals surface area contributed by atoms with Crippen molar-refractivity contribution < 1.29 is 14.5 Å². The fraction of sp³-hybridized carbons (Fsp3) is 0.545. The van der Waals surface area contributed by atoms with Crippen molar-refractivity contribution in [3.63, 3.8) is 0 Å². The van der Waals surface area contributed by atoms with E-state index in [1.165, 1.54) is 0 Å². The molecule has 104 valence electrons. The van der Waals surface area contributed by atoms with Gasteiger partial charge in [-0.3, -0.25) is 14.9 Å². The third kappa shape index (κ3) is 4.49. The van der Waals surface area contributed by atoms with Gasteiger partial charge in [0.25, 0.3) is 0 Å². The van der Waals surface area contributed by atoms with Crippen LogP contribution in [0.3, 0.4) is 0 Å². The van der Waals surface area contributed by atoms with E-state index in [1.54, 1.807) is 11.8 Å². The number of nitro groups is 1. The molecule has 0 saturated heterocycles. The summed E-state index contributed by atoms with van der Waals surface area (Å²) in [5, 5.41) is 10.5. The molecule has 0 saturated carbocycles. The Morgan fingerprint density at radius 3 is 2.53 bits per heavy atom. The maximum atomic E-state index is 11.4. The lowest BCUT2D eigenvalue weighted by Gasteiger charge is -2.20. The van der Waals surface area contributed by atoms with Crippen LogP contribution in [0.2, 0.25) is 0 Å². The summed E-state index contributed by atoms with van der Waals surface area (Å²) in [5.74, 6) is -0.0987. The molecule has 0 bridgehead atoms. The molecule has 0 spiro atoms. The molecular formula is C11H16N4O4. The van der Waals surface area contributed by atoms with Crippen molar-refractivity contribution in [2.75, 3.05) is 24.6 Å². The summed E-state index contributed by atoms with van der Waals surface area (Å²) in [6.07, 6.45) is 3.03. The number of ether oxygens (including phenoxy) is 1. The molecule has 0 N–H and O–H groups in total. The van der Waals surface area contributed by atoms with Gasteiger partial charge in [-0.25, -0.2) is 9.97 Å². The molecule has 8 nitrogen and oxygen atoms in total. The van der Waals surface area contributed by atoms with Crippen molar-refractivity contribution in [1.29, 1.82) is 0 Å². The predicted molar refractivity (Wildman–Crippen MR) is 67.8 cm³/mol. The van der Waals surface area contributed by atoms with E-state index in [2.05, 4.69) is 9.97 Å². The number of hydrogen-bond acceptors (Lipinski definition) is 7. The summed E-state index contributed by atoms with van der Waals surface area (Å²) in [6.45, 7) is 4.57. The lowest BCUT2D eigenvalue weighted by molar-refractivity contribution is -0.385. The van der Waals surface area contributed by atoms with Crippen LogP contribution in [0.4, 0.5) is 11.6 Å². The first-order chi connectivity index (χ1) is 9.08. The molecule has 0 amide bonds. The summed E-state index contributed by atoms with van der Waals surface area (Å²) in [4.78, 5) is 30.8. The highest BCUT2D eigenvalue weighted by Crippen LogP contribution is 2.12. The first kappa shape index (κ1) is 14.8. The van der Waals surface area contributed by atoms with E-state index in [0.29, 0.717) is 13.2 Å². The summed E-state index contributed by atoms with van der Waals surface area (Å²) in [7, 11) is 0. The Kier molecular flexibility index (Phi) is 5.65. The van der Waals surface area contributed by atoms with Crippen LogP contribution in [0.1, 0.15) is 20.3 Å². The molecule has 1 aromatic rings. The summed E-state index contributed by atoms with van der Waals surface area (Å²) in [6, 6.07) is 0. The molecule has 0 unspecified atom stereocenters. The highest BCUT2D eigenvalue weighted by molar-refractivity contribution is 5.74. The van der Waals surface area contributed by atoms with Gasteiger partial charge in [0.2, 0.25) is 5.95 Å². The van der Waals surface area contributed by atoms with Gasteiger partial charge in [-0.15, -0.1) is 0 Å². The molecule has 19 heavy (non-hydrogen) atoms. The Balaban J connectivity index is 2.80. The number of esters is 1. The molecule has 0 aliphatic heterocycles. The first-order valence-electron chi connectivity index (χ1n) is 5.95. The maximum Gasteiger partial charge on any atom is 0.325 e. The number of carbonyl (C=O) groups excluding carboxylic acids is 1. The van der Waals surface area contributed by atoms with Crippen molar-refractivity contribution in [3.05, 3.63) is 22.5 Å². The van der Waals surface area contributed by atoms with Gasteiger partial charge < -0.3 is 9.64 Å². The summed E-state index contributed by atoms with van der Waals surface area (Å²) in [5.41, 5.74) is -0.184. The minimum Gasteiger partial charge on any atom is -0.465 e. The molecule has 0 fully saturated rings. The van der Waals surface area contributed by atoms with Gasteiger partial charge in [0.05, 0.1) is 11.5 Å². The van der Waals surface area contributed by atoms with Gasteiger partial charge in [-0.1, -0.05) is 6.92 Å². The maximum absolute atomic E-state index is 11.4. The average molecular weight is 268 g/mol. The smallest absolute Gasteiger partial charge is 0.325 e. The number of nitrogens with zero attached hydrogens (tertiary/aromatic N) is 4. The van der Waals surface area contributed by atoms with Crippen LogP contribution in [-0.4, -0.2) is 40.6 Å². The second-order valence-corrected chi connectivity index (χ2v) is 3.72. The van der Waals surface area contributed by atoms with Crippen molar-refractivity contribution in [1.82, 2.24) is 9.97 Å². The van der Waals surface area contributed by atoms with Crippen molar-refractivity contribution in [2.24, 2.45) is 0 Å². The van der Waals surface area contributed by atoms with E-state index >= 15 is 0 Å². The lowest BCUT2D eigenvalue weighted by Crippen LogP contribution is -2.33. The minimum absolute atomic E-state index is 0.0273. The van der Waals surface area contributed by atoms with Gasteiger partial charge in [0.15, 0.2) is 0 Å². The molecule has 8 heteroatoms. The molecule has 0 aliphatic rings. The van der Waals surface area contributed by atoms with E-state index in [-0.39, 0.29) is 24.1 Å². The highest BCUT2D eigenvalue weighted by atomic mass is 16.6. The minimum atomic E-state index is -0.570. The average Bonchev–Trinajstić information content (AvgIpc) is 2.38. The van der Waals surface area contributed by atoms with E-state index in [9.17, 15) is 14.9 Å². The Labute approximate surface area is 110 Å². The molecule has 1 heterocycles. The Bertz CT molecular complexity index is 435. The van der Waals surface area contributed by atoms with E-state index in [0.717, 1.165) is 18.8 Å². The third-order valence-corrected chi connectivity index (χ3v) is 2.24. The first-order valence-corrected chi connectivity index (χ1v) is 5.95. The predicted octanol–water partition coefficient (Wildman–Crippen LogP) is 1.16. The zero-order valence-corrected chi connectivity index (χ0v) is 10.9. The highest BCUT2D eigenvalue weighted by Gasteiger charge is 2.15. The third-order valence-electron chi connectivity index (χ3n) is 2.24. The van der Waals surface area contributed by atoms with Crippen LogP contribution in [-0.2, 0) is 9.53 Å². The summed E-state index contributed by atoms with van der Waals surface area (Å²) < 4.78 is 4.86. The zero-order valence-electron chi connectivity index (χ0n) is 10.9. The SMILES string of the molecule is CCCN(CC(=O)OCC)c1ncc([N+](=O)[O-])cn1. The van der Waals surface area contributed by atoms with Gasteiger partial charge in [0.1, 0.15) is 18.9 Å². The topological polar surface area (TPSA) is 98.5 Å². The van der Waals surface area contributed by atoms with E-state index < -0.39 is 4.92 Å². The number of rotatable bonds is 7. The Morgan fingerprint density at radius 2 is 2.05 bits per heavy atom. The van der Waals surface area contributed by atoms with Crippen LogP contribution >= 0.6 is 0 Å². The molecule has 1 aromatic heterocycles. The Hall–Kier alpha value is -2.25. The normalized spacial score (nSPS) is 10.0. The zero-order chi connectivity index (χ0) is 14.3. The van der Waals surface area contributed by atoms with E-state index in [1.807, 2.05) is 6.92 Å². The molecule has 0 aliphatic carbocycles. The lowest BCUT2D eigenvalue weighted by atomic mass is 10.4. The fourth-order valence-corrected chi connectivity index (χ4v) is 1.45. The van der Waals surface area contributed by atoms with Crippen LogP contribution in [0, 0.1) is 10.1 Å². The number of hydrogen-bond donors (Lipinski definition) is 0. The van der Waals surface area contributed by atoms with Crippen molar-refractivity contribution in [3.8, 4) is 0 Å². The largest absolute Gasteiger partial charge is 0.465 e. The molecular weight excluding hydrogens is 252 g/mol. The number of aromatic nitrogens is 2. The molecule has 1 rings (SSSR count). The van der Waals surface area contributed by atoms with Gasteiger partial charge >= 0.3 is 11.7 Å². The van der Waals surface area contributed by atoms with Crippen molar-refractivity contribution >= 4 is 17.6 Å². The van der Waals surface area contributed by atoms with Gasteiger partial charge in [0, 0.05) is 6.54 Å². The van der Waals surface area contributed by atoms with Gasteiger partial charge in [-0.05, 0) is 13.3 Å². The number of carbonyl (C=O) groups is 1. The molecule has 0 radical (unpaired) electrons. The Morgan fingerprint density at radius 1 is 1.42 bits per heavy atom. The van der Waals surface area contributed by atoms with Crippen LogP contribution in [0.25, 0.3) is 0 Å². The fourth-order valence-electron chi connectivity index (χ4n) is 1.45. The quantitative estimate of drug-likeness (QED) is 0.415. The molecule has 0 atom stereocenters. The second kappa shape index (κ2) is 7.24. The van der Waals surface area contributed by atoms with Crippen LogP contribution < -0.4 is 4.90 Å². The van der Waals surface area contributed by atoms with Gasteiger partial charge in [-0.2, -0.15) is 0 Å². The monoisotopic (exact) mass is 268 g/mol. The number of anilines is 1. The molecule has 0 aromatic carbocycles.